The Morgan fingerprint density at radius 3 is 2.31 bits per heavy atom. The van der Waals surface area contributed by atoms with Crippen LogP contribution in [0.1, 0.15) is 27.7 Å². The molecule has 0 saturated heterocycles. The predicted molar refractivity (Wildman–Crippen MR) is 73.3 cm³/mol. The lowest BCUT2D eigenvalue weighted by Crippen LogP contribution is -2.09. The van der Waals surface area contributed by atoms with Crippen LogP contribution in [-0.4, -0.2) is 16.7 Å². The third-order valence-electron chi connectivity index (χ3n) is 4.17. The van der Waals surface area contributed by atoms with Gasteiger partial charge in [0.25, 0.3) is 0 Å². The Hall–Kier alpha value is -0.420. The number of thioether (sulfide) groups is 1. The van der Waals surface area contributed by atoms with Gasteiger partial charge in [0.15, 0.2) is 5.82 Å². The van der Waals surface area contributed by atoms with Gasteiger partial charge in [0.1, 0.15) is 5.00 Å². The van der Waals surface area contributed by atoms with Crippen LogP contribution in [0.5, 0.6) is 0 Å². The Morgan fingerprint density at radius 1 is 1.31 bits per heavy atom. The largest absolute Gasteiger partial charge is 0.382 e. The third kappa shape index (κ3) is 1.52. The Labute approximate surface area is 105 Å². The van der Waals surface area contributed by atoms with Gasteiger partial charge in [-0.25, -0.2) is 0 Å². The molecule has 0 aromatic carbocycles. The lowest BCUT2D eigenvalue weighted by molar-refractivity contribution is 0.457. The number of nitrogen functional groups attached to an aromatic ring is 1. The van der Waals surface area contributed by atoms with Crippen molar-refractivity contribution in [2.45, 2.75) is 38.6 Å². The normalized spacial score (nSPS) is 22.1. The molecular formula is C11H19N3S2. The summed E-state index contributed by atoms with van der Waals surface area (Å²) in [6.07, 6.45) is 2.04. The molecule has 0 atom stereocenters. The van der Waals surface area contributed by atoms with Gasteiger partial charge in [-0.1, -0.05) is 27.7 Å². The van der Waals surface area contributed by atoms with Gasteiger partial charge >= 0.3 is 0 Å². The van der Waals surface area contributed by atoms with E-state index in [9.17, 15) is 0 Å². The summed E-state index contributed by atoms with van der Waals surface area (Å²) < 4.78 is 4.20. The van der Waals surface area contributed by atoms with Crippen LogP contribution < -0.4 is 11.1 Å². The van der Waals surface area contributed by atoms with E-state index in [1.807, 2.05) is 6.26 Å². The molecule has 0 aliphatic heterocycles. The molecule has 3 N–H and O–H groups in total. The fraction of sp³-hybridized carbons (Fsp3) is 0.727. The number of anilines is 2. The average molecular weight is 257 g/mol. The third-order valence-corrected chi connectivity index (χ3v) is 5.92. The predicted octanol–water partition coefficient (Wildman–Crippen LogP) is 3.29. The van der Waals surface area contributed by atoms with Crippen molar-refractivity contribution in [3.05, 3.63) is 0 Å². The van der Waals surface area contributed by atoms with Crippen LogP contribution in [-0.2, 0) is 0 Å². The lowest BCUT2D eigenvalue weighted by Gasteiger charge is -2.06. The smallest absolute Gasteiger partial charge is 0.153 e. The SMILES string of the molecule is CSc1c(N)nsc1NC1C(C)(C)C1(C)C. The van der Waals surface area contributed by atoms with Gasteiger partial charge in [0.2, 0.25) is 0 Å². The molecule has 90 valence electrons. The molecule has 0 unspecified atom stereocenters. The maximum Gasteiger partial charge on any atom is 0.153 e. The van der Waals surface area contributed by atoms with Crippen LogP contribution in [0.25, 0.3) is 0 Å². The van der Waals surface area contributed by atoms with Gasteiger partial charge in [-0.2, -0.15) is 4.37 Å². The molecule has 0 spiro atoms. The molecule has 1 aromatic rings. The molecule has 1 heterocycles. The molecule has 0 bridgehead atoms. The van der Waals surface area contributed by atoms with E-state index >= 15 is 0 Å². The van der Waals surface area contributed by atoms with Crippen LogP contribution in [0.15, 0.2) is 4.90 Å². The second kappa shape index (κ2) is 3.53. The van der Waals surface area contributed by atoms with E-state index in [4.69, 9.17) is 5.73 Å². The number of aromatic nitrogens is 1. The van der Waals surface area contributed by atoms with Gasteiger partial charge in [-0.15, -0.1) is 11.8 Å². The highest BCUT2D eigenvalue weighted by molar-refractivity contribution is 7.99. The second-order valence-electron chi connectivity index (χ2n) is 5.45. The van der Waals surface area contributed by atoms with Crippen molar-refractivity contribution in [2.75, 3.05) is 17.3 Å². The first kappa shape index (κ1) is 12.0. The molecule has 1 aliphatic carbocycles. The van der Waals surface area contributed by atoms with Crippen LogP contribution >= 0.6 is 23.3 Å². The van der Waals surface area contributed by atoms with E-state index in [0.717, 1.165) is 9.90 Å². The Morgan fingerprint density at radius 2 is 1.88 bits per heavy atom. The highest BCUT2D eigenvalue weighted by atomic mass is 32.2. The van der Waals surface area contributed by atoms with Gasteiger partial charge < -0.3 is 11.1 Å². The lowest BCUT2D eigenvalue weighted by atomic mass is 10.0. The van der Waals surface area contributed by atoms with Gasteiger partial charge in [-0.05, 0) is 28.6 Å². The van der Waals surface area contributed by atoms with E-state index in [-0.39, 0.29) is 0 Å². The standard InChI is InChI=1S/C11H19N3S2/c1-10(2)9(11(10,3)4)13-8-6(15-5)7(12)14-16-8/h9,13H,1-5H3,(H2,12,14). The number of nitrogens with zero attached hydrogens (tertiary/aromatic N) is 1. The molecule has 0 radical (unpaired) electrons. The summed E-state index contributed by atoms with van der Waals surface area (Å²) in [4.78, 5) is 1.09. The first-order chi connectivity index (χ1) is 7.32. The zero-order valence-electron chi connectivity index (χ0n) is 10.4. The van der Waals surface area contributed by atoms with Crippen molar-refractivity contribution in [3.8, 4) is 0 Å². The van der Waals surface area contributed by atoms with Crippen LogP contribution in [0.4, 0.5) is 10.8 Å². The van der Waals surface area contributed by atoms with Crippen molar-refractivity contribution >= 4 is 34.1 Å². The summed E-state index contributed by atoms with van der Waals surface area (Å²) in [7, 11) is 0. The first-order valence-electron chi connectivity index (χ1n) is 5.38. The fourth-order valence-electron chi connectivity index (χ4n) is 2.27. The summed E-state index contributed by atoms with van der Waals surface area (Å²) in [6.45, 7) is 9.20. The Balaban J connectivity index is 2.18. The summed E-state index contributed by atoms with van der Waals surface area (Å²) >= 11 is 3.12. The minimum Gasteiger partial charge on any atom is -0.382 e. The summed E-state index contributed by atoms with van der Waals surface area (Å²) in [5, 5.41) is 4.71. The monoisotopic (exact) mass is 257 g/mol. The van der Waals surface area contributed by atoms with Gasteiger partial charge in [0.05, 0.1) is 4.90 Å². The number of nitrogens with two attached hydrogens (primary N) is 1. The quantitative estimate of drug-likeness (QED) is 0.816. The second-order valence-corrected chi connectivity index (χ2v) is 7.04. The van der Waals surface area contributed by atoms with Crippen LogP contribution in [0.3, 0.4) is 0 Å². The molecule has 5 heteroatoms. The Kier molecular flexibility index (Phi) is 2.66. The zero-order valence-corrected chi connectivity index (χ0v) is 12.1. The Bertz CT molecular complexity index is 395. The first-order valence-corrected chi connectivity index (χ1v) is 7.38. The van der Waals surface area contributed by atoms with Crippen molar-refractivity contribution in [3.63, 3.8) is 0 Å². The topological polar surface area (TPSA) is 50.9 Å². The summed E-state index contributed by atoms with van der Waals surface area (Å²) in [5.41, 5.74) is 6.49. The summed E-state index contributed by atoms with van der Waals surface area (Å²) in [6, 6.07) is 0.505. The molecule has 1 fully saturated rings. The van der Waals surface area contributed by atoms with Crippen molar-refractivity contribution < 1.29 is 0 Å². The van der Waals surface area contributed by atoms with E-state index in [2.05, 4.69) is 37.4 Å². The van der Waals surface area contributed by atoms with E-state index in [1.165, 1.54) is 11.5 Å². The zero-order chi connectivity index (χ0) is 12.1. The maximum absolute atomic E-state index is 5.82. The fourth-order valence-corrected chi connectivity index (χ4v) is 3.83. The van der Waals surface area contributed by atoms with E-state index in [1.54, 1.807) is 11.8 Å². The average Bonchev–Trinajstić information content (AvgIpc) is 2.48. The molecule has 1 aliphatic rings. The minimum atomic E-state index is 0.335. The van der Waals surface area contributed by atoms with E-state index in [0.29, 0.717) is 22.7 Å². The number of rotatable bonds is 3. The van der Waals surface area contributed by atoms with Crippen LogP contribution in [0.2, 0.25) is 0 Å². The minimum absolute atomic E-state index is 0.335. The number of hydrogen-bond acceptors (Lipinski definition) is 5. The van der Waals surface area contributed by atoms with Crippen LogP contribution in [0, 0.1) is 10.8 Å². The van der Waals surface area contributed by atoms with Crippen molar-refractivity contribution in [1.82, 2.24) is 4.37 Å². The maximum atomic E-state index is 5.82. The van der Waals surface area contributed by atoms with E-state index < -0.39 is 0 Å². The van der Waals surface area contributed by atoms with Crippen molar-refractivity contribution in [2.24, 2.45) is 10.8 Å². The number of nitrogens with one attached hydrogen (secondary N) is 1. The van der Waals surface area contributed by atoms with Crippen molar-refractivity contribution in [1.29, 1.82) is 0 Å². The molecule has 3 nitrogen and oxygen atoms in total. The highest BCUT2D eigenvalue weighted by Crippen LogP contribution is 2.64. The molecule has 1 aromatic heterocycles. The molecule has 2 rings (SSSR count). The molecule has 0 amide bonds. The van der Waals surface area contributed by atoms with Gasteiger partial charge in [0, 0.05) is 6.04 Å². The highest BCUT2D eigenvalue weighted by Gasteiger charge is 2.65. The molecule has 16 heavy (non-hydrogen) atoms. The molecular weight excluding hydrogens is 238 g/mol. The molecule has 1 saturated carbocycles. The summed E-state index contributed by atoms with van der Waals surface area (Å²) in [5.74, 6) is 0.649. The van der Waals surface area contributed by atoms with Gasteiger partial charge in [-0.3, -0.25) is 0 Å². The number of hydrogen-bond donors (Lipinski definition) is 2.